The number of hydrogen-bond acceptors (Lipinski definition) is 2. The number of amidine groups is 1. The molecule has 19 heavy (non-hydrogen) atoms. The van der Waals surface area contributed by atoms with Gasteiger partial charge in [-0.2, -0.15) is 0 Å². The van der Waals surface area contributed by atoms with Crippen molar-refractivity contribution < 1.29 is 0 Å². The molecule has 2 rings (SSSR count). The Balaban J connectivity index is 2.04. The fraction of sp³-hybridized carbons (Fsp3) is 0.0714. The number of aliphatic imine (C=N–C) groups is 1. The van der Waals surface area contributed by atoms with Crippen LogP contribution in [-0.4, -0.2) is 11.6 Å². The van der Waals surface area contributed by atoms with Crippen LogP contribution < -0.4 is 5.73 Å². The van der Waals surface area contributed by atoms with Gasteiger partial charge in [-0.25, -0.2) is 4.99 Å². The van der Waals surface area contributed by atoms with Crippen LogP contribution in [0.15, 0.2) is 63.5 Å². The Labute approximate surface area is 126 Å². The summed E-state index contributed by atoms with van der Waals surface area (Å²) in [6.07, 6.45) is 7.59. The van der Waals surface area contributed by atoms with E-state index in [0.717, 1.165) is 21.4 Å². The second-order valence-corrected chi connectivity index (χ2v) is 5.93. The molecule has 0 atom stereocenters. The van der Waals surface area contributed by atoms with Gasteiger partial charge in [0.05, 0.1) is 10.1 Å². The highest BCUT2D eigenvalue weighted by atomic mass is 35.5. The average molecular weight is 311 g/mol. The predicted molar refractivity (Wildman–Crippen MR) is 86.4 cm³/mol. The molecule has 1 aromatic carbocycles. The Morgan fingerprint density at radius 1 is 1.21 bits per heavy atom. The number of halogens is 2. The first kappa shape index (κ1) is 14.3. The molecule has 2 nitrogen and oxygen atoms in total. The summed E-state index contributed by atoms with van der Waals surface area (Å²) >= 11 is 13.3. The summed E-state index contributed by atoms with van der Waals surface area (Å²) < 4.78 is 0.806. The fourth-order valence-corrected chi connectivity index (χ4v) is 2.43. The van der Waals surface area contributed by atoms with Crippen LogP contribution in [0.5, 0.6) is 0 Å². The van der Waals surface area contributed by atoms with Crippen molar-refractivity contribution in [1.29, 1.82) is 0 Å². The third kappa shape index (κ3) is 4.78. The summed E-state index contributed by atoms with van der Waals surface area (Å²) in [4.78, 5) is 4.27. The van der Waals surface area contributed by atoms with E-state index in [1.54, 1.807) is 30.0 Å². The van der Waals surface area contributed by atoms with Gasteiger partial charge in [0.25, 0.3) is 0 Å². The van der Waals surface area contributed by atoms with Gasteiger partial charge in [-0.15, -0.1) is 11.8 Å². The standard InChI is InChI=1S/C14H12Cl2N2S/c15-11-3-5-12(6-4-11)18-14(17)8-2-10-1-7-13(16)19-9-10/h1-8H,9H2,(H2,17,18)/b8-2+. The largest absolute Gasteiger partial charge is 0.384 e. The molecular formula is C14H12Cl2N2S. The number of allylic oxidation sites excluding steroid dienone is 3. The third-order valence-electron chi connectivity index (χ3n) is 2.36. The topological polar surface area (TPSA) is 38.4 Å². The highest BCUT2D eigenvalue weighted by Crippen LogP contribution is 2.27. The van der Waals surface area contributed by atoms with E-state index in [-0.39, 0.29) is 0 Å². The Hall–Kier alpha value is -1.16. The molecule has 0 spiro atoms. The number of rotatable bonds is 3. The van der Waals surface area contributed by atoms with E-state index >= 15 is 0 Å². The molecule has 0 aliphatic carbocycles. The summed E-state index contributed by atoms with van der Waals surface area (Å²) in [6.45, 7) is 0. The summed E-state index contributed by atoms with van der Waals surface area (Å²) in [6, 6.07) is 7.21. The Morgan fingerprint density at radius 3 is 2.58 bits per heavy atom. The minimum Gasteiger partial charge on any atom is -0.384 e. The Bertz CT molecular complexity index is 572. The van der Waals surface area contributed by atoms with E-state index in [4.69, 9.17) is 28.9 Å². The SMILES string of the molecule is NC(/C=C/C1=CC=C(Cl)SC1)=Nc1ccc(Cl)cc1. The minimum absolute atomic E-state index is 0.453. The van der Waals surface area contributed by atoms with Crippen molar-refractivity contribution >= 4 is 46.5 Å². The summed E-state index contributed by atoms with van der Waals surface area (Å²) in [5.41, 5.74) is 7.78. The molecule has 0 fully saturated rings. The summed E-state index contributed by atoms with van der Waals surface area (Å²) in [5, 5.41) is 0.682. The first-order valence-corrected chi connectivity index (χ1v) is 7.34. The molecule has 1 aromatic rings. The molecule has 0 saturated carbocycles. The van der Waals surface area contributed by atoms with E-state index < -0.39 is 0 Å². The molecule has 2 N–H and O–H groups in total. The second-order valence-electron chi connectivity index (χ2n) is 3.85. The molecule has 98 valence electrons. The molecular weight excluding hydrogens is 299 g/mol. The van der Waals surface area contributed by atoms with E-state index in [2.05, 4.69) is 4.99 Å². The highest BCUT2D eigenvalue weighted by molar-refractivity contribution is 8.04. The molecule has 1 aliphatic heterocycles. The Morgan fingerprint density at radius 2 is 1.95 bits per heavy atom. The fourth-order valence-electron chi connectivity index (χ4n) is 1.42. The monoisotopic (exact) mass is 310 g/mol. The lowest BCUT2D eigenvalue weighted by Crippen LogP contribution is -2.07. The summed E-state index contributed by atoms with van der Waals surface area (Å²) in [5.74, 6) is 1.30. The number of benzene rings is 1. The van der Waals surface area contributed by atoms with Crippen molar-refractivity contribution in [3.05, 3.63) is 63.5 Å². The van der Waals surface area contributed by atoms with Gasteiger partial charge in [0.2, 0.25) is 0 Å². The average Bonchev–Trinajstić information content (AvgIpc) is 2.41. The zero-order valence-electron chi connectivity index (χ0n) is 10.0. The lowest BCUT2D eigenvalue weighted by atomic mass is 10.2. The normalized spacial score (nSPS) is 16.4. The maximum atomic E-state index is 5.86. The van der Waals surface area contributed by atoms with Crippen LogP contribution in [0.4, 0.5) is 5.69 Å². The van der Waals surface area contributed by atoms with Gasteiger partial charge < -0.3 is 5.73 Å². The van der Waals surface area contributed by atoms with Crippen molar-refractivity contribution in [1.82, 2.24) is 0 Å². The van der Waals surface area contributed by atoms with Crippen molar-refractivity contribution in [2.75, 3.05) is 5.75 Å². The van der Waals surface area contributed by atoms with Gasteiger partial charge in [-0.05, 0) is 42.0 Å². The lowest BCUT2D eigenvalue weighted by molar-refractivity contribution is 1.47. The van der Waals surface area contributed by atoms with Crippen molar-refractivity contribution in [3.63, 3.8) is 0 Å². The van der Waals surface area contributed by atoms with Crippen LogP contribution in [0.25, 0.3) is 0 Å². The molecule has 0 aromatic heterocycles. The van der Waals surface area contributed by atoms with Crippen LogP contribution in [0.2, 0.25) is 5.02 Å². The molecule has 0 unspecified atom stereocenters. The molecule has 0 saturated heterocycles. The first-order valence-electron chi connectivity index (χ1n) is 5.60. The molecule has 5 heteroatoms. The van der Waals surface area contributed by atoms with Crippen LogP contribution in [0.3, 0.4) is 0 Å². The zero-order valence-corrected chi connectivity index (χ0v) is 12.3. The maximum Gasteiger partial charge on any atom is 0.124 e. The van der Waals surface area contributed by atoms with Gasteiger partial charge >= 0.3 is 0 Å². The van der Waals surface area contributed by atoms with Crippen molar-refractivity contribution in [3.8, 4) is 0 Å². The number of nitrogens with zero attached hydrogens (tertiary/aromatic N) is 1. The number of hydrogen-bond donors (Lipinski definition) is 1. The van der Waals surface area contributed by atoms with E-state index in [9.17, 15) is 0 Å². The van der Waals surface area contributed by atoms with Gasteiger partial charge in [0.15, 0.2) is 0 Å². The molecule has 1 heterocycles. The van der Waals surface area contributed by atoms with E-state index in [0.29, 0.717) is 10.9 Å². The number of thioether (sulfide) groups is 1. The van der Waals surface area contributed by atoms with Crippen LogP contribution in [-0.2, 0) is 0 Å². The zero-order chi connectivity index (χ0) is 13.7. The first-order chi connectivity index (χ1) is 9.13. The van der Waals surface area contributed by atoms with E-state index in [1.165, 1.54) is 0 Å². The Kier molecular flexibility index (Phi) is 5.14. The second kappa shape index (κ2) is 6.85. The predicted octanol–water partition coefficient (Wildman–Crippen LogP) is 4.64. The number of nitrogens with two attached hydrogens (primary N) is 1. The molecule has 0 amide bonds. The van der Waals surface area contributed by atoms with Crippen LogP contribution >= 0.6 is 35.0 Å². The summed E-state index contributed by atoms with van der Waals surface area (Å²) in [7, 11) is 0. The lowest BCUT2D eigenvalue weighted by Gasteiger charge is -2.05. The smallest absolute Gasteiger partial charge is 0.124 e. The maximum absolute atomic E-state index is 5.86. The highest BCUT2D eigenvalue weighted by Gasteiger charge is 2.01. The van der Waals surface area contributed by atoms with Gasteiger partial charge in [-0.3, -0.25) is 0 Å². The van der Waals surface area contributed by atoms with E-state index in [1.807, 2.05) is 30.4 Å². The van der Waals surface area contributed by atoms with Crippen LogP contribution in [0.1, 0.15) is 0 Å². The van der Waals surface area contributed by atoms with Crippen molar-refractivity contribution in [2.45, 2.75) is 0 Å². The van der Waals surface area contributed by atoms with Crippen LogP contribution in [0, 0.1) is 0 Å². The third-order valence-corrected chi connectivity index (χ3v) is 3.95. The molecule has 1 aliphatic rings. The minimum atomic E-state index is 0.453. The van der Waals surface area contributed by atoms with Crippen molar-refractivity contribution in [2.24, 2.45) is 10.7 Å². The molecule has 0 radical (unpaired) electrons. The van der Waals surface area contributed by atoms with Gasteiger partial charge in [-0.1, -0.05) is 35.4 Å². The molecule has 0 bridgehead atoms. The van der Waals surface area contributed by atoms with Gasteiger partial charge in [0, 0.05) is 10.8 Å². The van der Waals surface area contributed by atoms with Gasteiger partial charge in [0.1, 0.15) is 5.84 Å². The quantitative estimate of drug-likeness (QED) is 0.652.